The van der Waals surface area contributed by atoms with Crippen molar-refractivity contribution < 1.29 is 23.0 Å². The molecule has 10 heteroatoms. The number of nitrogens with zero attached hydrogens (tertiary/aromatic N) is 4. The van der Waals surface area contributed by atoms with Crippen LogP contribution in [0, 0.1) is 12.7 Å². The minimum Gasteiger partial charge on any atom is -0.461 e. The molecule has 0 radical (unpaired) electrons. The van der Waals surface area contributed by atoms with E-state index < -0.39 is 11.8 Å². The number of nitrogens with two attached hydrogens (primary N) is 1. The maximum absolute atomic E-state index is 15.7. The fourth-order valence-electron chi connectivity index (χ4n) is 7.90. The first kappa shape index (κ1) is 26.3. The molecule has 5 aliphatic rings. The van der Waals surface area contributed by atoms with E-state index >= 15 is 4.39 Å². The van der Waals surface area contributed by atoms with Gasteiger partial charge in [-0.05, 0) is 69.2 Å². The maximum atomic E-state index is 15.7. The normalized spacial score (nSPS) is 30.2. The Balaban J connectivity index is 1.27. The molecule has 0 bridgehead atoms. The molecule has 7 rings (SSSR count). The van der Waals surface area contributed by atoms with Crippen LogP contribution in [0.2, 0.25) is 0 Å². The minimum absolute atomic E-state index is 0.159. The Morgan fingerprint density at radius 2 is 2.02 bits per heavy atom. The number of aromatic nitrogens is 2. The first-order valence-electron chi connectivity index (χ1n) is 14.8. The van der Waals surface area contributed by atoms with Gasteiger partial charge in [-0.3, -0.25) is 4.90 Å². The summed E-state index contributed by atoms with van der Waals surface area (Å²) < 4.78 is 48.8. The van der Waals surface area contributed by atoms with Crippen molar-refractivity contribution in [1.29, 1.82) is 0 Å². The summed E-state index contributed by atoms with van der Waals surface area (Å²) in [5, 5.41) is 0. The number of fused-ring (bicyclic) bond motifs is 4. The van der Waals surface area contributed by atoms with Crippen LogP contribution in [0.15, 0.2) is 6.07 Å². The number of halogens is 2. The molecule has 1 aliphatic carbocycles. The second-order valence-corrected chi connectivity index (χ2v) is 12.3. The minimum atomic E-state index is -0.830. The van der Waals surface area contributed by atoms with Gasteiger partial charge in [-0.25, -0.2) is 8.78 Å². The smallest absolute Gasteiger partial charge is 0.318 e. The van der Waals surface area contributed by atoms with Crippen LogP contribution in [0.5, 0.6) is 6.01 Å². The molecule has 2 N–H and O–H groups in total. The SMILES string of the molecule is Cc1cc(N)c(F)c2c1CCC[C@]21Cc2nc(OC[C@@]34CCCN3C[C@H](F)C4)nc(N3CCCOCC3)c2CO1. The number of rotatable bonds is 4. The summed E-state index contributed by atoms with van der Waals surface area (Å²) in [6.45, 7) is 6.88. The van der Waals surface area contributed by atoms with Crippen molar-refractivity contribution in [2.45, 2.75) is 82.2 Å². The van der Waals surface area contributed by atoms with Crippen LogP contribution in [0.25, 0.3) is 0 Å². The molecule has 216 valence electrons. The third-order valence-corrected chi connectivity index (χ3v) is 9.83. The van der Waals surface area contributed by atoms with E-state index in [2.05, 4.69) is 9.80 Å². The largest absolute Gasteiger partial charge is 0.461 e. The van der Waals surface area contributed by atoms with Crippen molar-refractivity contribution in [2.24, 2.45) is 0 Å². The van der Waals surface area contributed by atoms with Gasteiger partial charge in [0.1, 0.15) is 24.2 Å². The summed E-state index contributed by atoms with van der Waals surface area (Å²) in [6.07, 6.45) is 5.36. The van der Waals surface area contributed by atoms with Gasteiger partial charge in [0.05, 0.1) is 30.1 Å². The van der Waals surface area contributed by atoms with E-state index in [0.29, 0.717) is 63.7 Å². The van der Waals surface area contributed by atoms with E-state index in [0.717, 1.165) is 73.4 Å². The highest BCUT2D eigenvalue weighted by Crippen LogP contribution is 2.49. The molecule has 0 amide bonds. The van der Waals surface area contributed by atoms with Crippen molar-refractivity contribution >= 4 is 11.5 Å². The van der Waals surface area contributed by atoms with Crippen LogP contribution < -0.4 is 15.4 Å². The molecule has 3 atom stereocenters. The standard InChI is InChI=1S/C30H39F2N5O3/c1-19-13-23(33)26(32)25-21(19)5-2-7-30(25)15-24-22(17-40-30)27(36-8-4-11-38-12-10-36)35-28(34-24)39-18-29-6-3-9-37(29)16-20(31)14-29/h13,20H,2-12,14-18,33H2,1H3/t20-,29+,30+/m1/s1. The lowest BCUT2D eigenvalue weighted by Gasteiger charge is -2.43. The average Bonchev–Trinajstić information content (AvgIpc) is 3.31. The topological polar surface area (TPSA) is 86.0 Å². The van der Waals surface area contributed by atoms with E-state index in [-0.39, 0.29) is 23.7 Å². The predicted molar refractivity (Wildman–Crippen MR) is 147 cm³/mol. The van der Waals surface area contributed by atoms with Crippen molar-refractivity contribution in [3.05, 3.63) is 39.8 Å². The van der Waals surface area contributed by atoms with Crippen LogP contribution in [0.3, 0.4) is 0 Å². The van der Waals surface area contributed by atoms with Crippen LogP contribution in [-0.4, -0.2) is 72.6 Å². The number of hydrogen-bond donors (Lipinski definition) is 1. The number of hydrogen-bond acceptors (Lipinski definition) is 8. The lowest BCUT2D eigenvalue weighted by molar-refractivity contribution is -0.0877. The molecule has 0 saturated carbocycles. The summed E-state index contributed by atoms with van der Waals surface area (Å²) in [7, 11) is 0. The fraction of sp³-hybridized carbons (Fsp3) is 0.667. The maximum Gasteiger partial charge on any atom is 0.318 e. The Hall–Kier alpha value is -2.56. The quantitative estimate of drug-likeness (QED) is 0.567. The summed E-state index contributed by atoms with van der Waals surface area (Å²) in [5.41, 5.74) is 9.51. The number of benzene rings is 1. The van der Waals surface area contributed by atoms with Gasteiger partial charge in [0.2, 0.25) is 0 Å². The molecule has 2 aromatic rings. The van der Waals surface area contributed by atoms with Crippen LogP contribution in [0.1, 0.15) is 66.5 Å². The van der Waals surface area contributed by atoms with Gasteiger partial charge < -0.3 is 24.8 Å². The molecular formula is C30H39F2N5O3. The van der Waals surface area contributed by atoms with E-state index in [1.54, 1.807) is 6.07 Å². The number of aryl methyl sites for hydroxylation is 1. The lowest BCUT2D eigenvalue weighted by Crippen LogP contribution is -2.44. The van der Waals surface area contributed by atoms with Crippen LogP contribution >= 0.6 is 0 Å². The Morgan fingerprint density at radius 1 is 1.12 bits per heavy atom. The van der Waals surface area contributed by atoms with Crippen LogP contribution in [0.4, 0.5) is 20.3 Å². The second-order valence-electron chi connectivity index (χ2n) is 12.3. The zero-order chi connectivity index (χ0) is 27.5. The van der Waals surface area contributed by atoms with Gasteiger partial charge >= 0.3 is 6.01 Å². The van der Waals surface area contributed by atoms with Crippen molar-refractivity contribution in [2.75, 3.05) is 56.6 Å². The Kier molecular flexibility index (Phi) is 6.63. The Bertz CT molecular complexity index is 1300. The summed E-state index contributed by atoms with van der Waals surface area (Å²) >= 11 is 0. The average molecular weight is 556 g/mol. The number of anilines is 2. The molecule has 5 heterocycles. The molecule has 4 aliphatic heterocycles. The van der Waals surface area contributed by atoms with E-state index in [4.69, 9.17) is 29.9 Å². The molecular weight excluding hydrogens is 516 g/mol. The van der Waals surface area contributed by atoms with Gasteiger partial charge in [-0.15, -0.1) is 0 Å². The predicted octanol–water partition coefficient (Wildman–Crippen LogP) is 3.99. The highest BCUT2D eigenvalue weighted by atomic mass is 19.1. The van der Waals surface area contributed by atoms with Crippen molar-refractivity contribution in [1.82, 2.24) is 14.9 Å². The Morgan fingerprint density at radius 3 is 2.92 bits per heavy atom. The summed E-state index contributed by atoms with van der Waals surface area (Å²) in [5.74, 6) is 0.429. The third-order valence-electron chi connectivity index (χ3n) is 9.83. The van der Waals surface area contributed by atoms with Crippen molar-refractivity contribution in [3.8, 4) is 6.01 Å². The number of ether oxygens (including phenoxy) is 3. The highest BCUT2D eigenvalue weighted by molar-refractivity contribution is 5.56. The van der Waals surface area contributed by atoms with Gasteiger partial charge in [0.25, 0.3) is 0 Å². The van der Waals surface area contributed by atoms with E-state index in [1.165, 1.54) is 0 Å². The van der Waals surface area contributed by atoms with Gasteiger partial charge in [-0.2, -0.15) is 9.97 Å². The van der Waals surface area contributed by atoms with E-state index in [9.17, 15) is 4.39 Å². The zero-order valence-corrected chi connectivity index (χ0v) is 23.3. The lowest BCUT2D eigenvalue weighted by atomic mass is 9.73. The highest BCUT2D eigenvalue weighted by Gasteiger charge is 2.50. The zero-order valence-electron chi connectivity index (χ0n) is 23.3. The van der Waals surface area contributed by atoms with E-state index in [1.807, 2.05) is 6.92 Å². The van der Waals surface area contributed by atoms with Crippen LogP contribution in [-0.2, 0) is 34.5 Å². The fourth-order valence-corrected chi connectivity index (χ4v) is 7.90. The van der Waals surface area contributed by atoms with Gasteiger partial charge in [0, 0.05) is 50.2 Å². The molecule has 1 spiro atoms. The first-order chi connectivity index (χ1) is 19.4. The number of alkyl halides is 1. The molecule has 3 fully saturated rings. The molecule has 3 saturated heterocycles. The summed E-state index contributed by atoms with van der Waals surface area (Å²) in [4.78, 5) is 14.3. The Labute approximate surface area is 234 Å². The molecule has 40 heavy (non-hydrogen) atoms. The van der Waals surface area contributed by atoms with Gasteiger partial charge in [-0.1, -0.05) is 0 Å². The van der Waals surface area contributed by atoms with Gasteiger partial charge in [0.15, 0.2) is 5.82 Å². The molecule has 1 aromatic carbocycles. The molecule has 0 unspecified atom stereocenters. The summed E-state index contributed by atoms with van der Waals surface area (Å²) in [6, 6.07) is 2.04. The monoisotopic (exact) mass is 555 g/mol. The molecule has 1 aromatic heterocycles. The molecule has 8 nitrogen and oxygen atoms in total. The van der Waals surface area contributed by atoms with Crippen molar-refractivity contribution in [3.63, 3.8) is 0 Å². The number of nitrogen functional groups attached to an aromatic ring is 1. The third kappa shape index (κ3) is 4.34. The first-order valence-corrected chi connectivity index (χ1v) is 14.8. The second kappa shape index (κ2) is 10.1.